The molecule has 1 aromatic heterocycles. The first kappa shape index (κ1) is 21.4. The first-order chi connectivity index (χ1) is 15.0. The van der Waals surface area contributed by atoms with E-state index >= 15 is 0 Å². The second-order valence-electron chi connectivity index (χ2n) is 6.29. The van der Waals surface area contributed by atoms with Crippen molar-refractivity contribution in [3.05, 3.63) is 95.8 Å². The molecule has 0 bridgehead atoms. The van der Waals surface area contributed by atoms with Gasteiger partial charge in [0.15, 0.2) is 0 Å². The van der Waals surface area contributed by atoms with Crippen LogP contribution in [-0.4, -0.2) is 29.4 Å². The van der Waals surface area contributed by atoms with Gasteiger partial charge in [0.05, 0.1) is 12.2 Å². The maximum atomic E-state index is 12.1. The Labute approximate surface area is 179 Å². The zero-order chi connectivity index (χ0) is 22.1. The molecule has 0 saturated carbocycles. The summed E-state index contributed by atoms with van der Waals surface area (Å²) in [6.07, 6.45) is 4.53. The van der Waals surface area contributed by atoms with E-state index in [1.54, 1.807) is 79.7 Å². The summed E-state index contributed by atoms with van der Waals surface area (Å²) in [7, 11) is 0. The molecule has 3 aromatic rings. The summed E-state index contributed by atoms with van der Waals surface area (Å²) in [6.45, 7) is 2.04. The lowest BCUT2D eigenvalue weighted by molar-refractivity contribution is -0.111. The van der Waals surface area contributed by atoms with Crippen LogP contribution < -0.4 is 10.1 Å². The van der Waals surface area contributed by atoms with Crippen LogP contribution in [0.15, 0.2) is 79.0 Å². The zero-order valence-electron chi connectivity index (χ0n) is 16.8. The number of rotatable bonds is 7. The predicted octanol–water partition coefficient (Wildman–Crippen LogP) is 4.13. The minimum Gasteiger partial charge on any atom is -0.462 e. The molecule has 0 saturated heterocycles. The molecule has 0 fully saturated rings. The van der Waals surface area contributed by atoms with Gasteiger partial charge in [-0.05, 0) is 67.1 Å². The minimum atomic E-state index is -0.544. The lowest BCUT2D eigenvalue weighted by Gasteiger charge is -2.05. The summed E-state index contributed by atoms with van der Waals surface area (Å²) in [4.78, 5) is 39.7. The summed E-state index contributed by atoms with van der Waals surface area (Å²) >= 11 is 0. The highest BCUT2D eigenvalue weighted by atomic mass is 16.5. The van der Waals surface area contributed by atoms with Crippen molar-refractivity contribution in [3.8, 4) is 5.75 Å². The van der Waals surface area contributed by atoms with Gasteiger partial charge in [0, 0.05) is 18.0 Å². The molecule has 7 nitrogen and oxygen atoms in total. The Morgan fingerprint density at radius 1 is 0.935 bits per heavy atom. The topological polar surface area (TPSA) is 94.6 Å². The summed E-state index contributed by atoms with van der Waals surface area (Å²) in [5, 5.41) is 2.71. The molecule has 1 heterocycles. The Hall–Kier alpha value is -4.26. The fourth-order valence-corrected chi connectivity index (χ4v) is 2.55. The number of ether oxygens (including phenoxy) is 2. The monoisotopic (exact) mass is 416 g/mol. The van der Waals surface area contributed by atoms with Crippen LogP contribution >= 0.6 is 0 Å². The average Bonchev–Trinajstić information content (AvgIpc) is 2.80. The van der Waals surface area contributed by atoms with Crippen molar-refractivity contribution in [1.82, 2.24) is 4.98 Å². The molecule has 0 aliphatic heterocycles. The molecule has 0 atom stereocenters. The molecule has 2 aromatic carbocycles. The lowest BCUT2D eigenvalue weighted by Crippen LogP contribution is -2.10. The number of nitrogens with one attached hydrogen (secondary N) is 1. The van der Waals surface area contributed by atoms with Gasteiger partial charge in [0.25, 0.3) is 0 Å². The molecule has 1 N–H and O–H groups in total. The molecule has 0 spiro atoms. The molecule has 3 rings (SSSR count). The SMILES string of the molecule is CCOC(=O)c1ccc(NC(=O)/C=C\c2ccc(OC(=O)c3ccccn3)cc2)cc1. The van der Waals surface area contributed by atoms with Gasteiger partial charge in [-0.1, -0.05) is 18.2 Å². The number of amides is 1. The largest absolute Gasteiger partial charge is 0.462 e. The van der Waals surface area contributed by atoms with E-state index in [2.05, 4.69) is 10.3 Å². The number of esters is 2. The quantitative estimate of drug-likeness (QED) is 0.354. The number of hydrogen-bond donors (Lipinski definition) is 1. The molecule has 0 aliphatic carbocycles. The van der Waals surface area contributed by atoms with Crippen molar-refractivity contribution in [2.45, 2.75) is 6.92 Å². The van der Waals surface area contributed by atoms with Crippen molar-refractivity contribution in [2.24, 2.45) is 0 Å². The maximum absolute atomic E-state index is 12.1. The highest BCUT2D eigenvalue weighted by molar-refractivity contribution is 6.02. The maximum Gasteiger partial charge on any atom is 0.362 e. The first-order valence-electron chi connectivity index (χ1n) is 9.54. The number of carbonyl (C=O) groups is 3. The van der Waals surface area contributed by atoms with E-state index in [4.69, 9.17) is 9.47 Å². The van der Waals surface area contributed by atoms with E-state index in [9.17, 15) is 14.4 Å². The molecule has 1 amide bonds. The van der Waals surface area contributed by atoms with Crippen LogP contribution in [0, 0.1) is 0 Å². The van der Waals surface area contributed by atoms with E-state index in [0.29, 0.717) is 23.6 Å². The fraction of sp³-hybridized carbons (Fsp3) is 0.0833. The summed E-state index contributed by atoms with van der Waals surface area (Å²) < 4.78 is 10.2. The molecule has 0 aliphatic rings. The molecular weight excluding hydrogens is 396 g/mol. The smallest absolute Gasteiger partial charge is 0.362 e. The Kier molecular flexibility index (Phi) is 7.26. The highest BCUT2D eigenvalue weighted by Gasteiger charge is 2.09. The predicted molar refractivity (Wildman–Crippen MR) is 116 cm³/mol. The van der Waals surface area contributed by atoms with Gasteiger partial charge in [-0.2, -0.15) is 0 Å². The van der Waals surface area contributed by atoms with Gasteiger partial charge < -0.3 is 14.8 Å². The molecule has 31 heavy (non-hydrogen) atoms. The number of nitrogens with zero attached hydrogens (tertiary/aromatic N) is 1. The van der Waals surface area contributed by atoms with Crippen molar-refractivity contribution in [1.29, 1.82) is 0 Å². The molecular formula is C24H20N2O5. The van der Waals surface area contributed by atoms with E-state index in [1.807, 2.05) is 0 Å². The van der Waals surface area contributed by atoms with Gasteiger partial charge in [-0.15, -0.1) is 0 Å². The number of aromatic nitrogens is 1. The second-order valence-corrected chi connectivity index (χ2v) is 6.29. The number of pyridine rings is 1. The lowest BCUT2D eigenvalue weighted by atomic mass is 10.2. The van der Waals surface area contributed by atoms with Crippen LogP contribution in [-0.2, 0) is 9.53 Å². The Bertz CT molecular complexity index is 1080. The zero-order valence-corrected chi connectivity index (χ0v) is 16.8. The van der Waals surface area contributed by atoms with E-state index < -0.39 is 11.9 Å². The average molecular weight is 416 g/mol. The Balaban J connectivity index is 1.53. The van der Waals surface area contributed by atoms with Crippen molar-refractivity contribution >= 4 is 29.6 Å². The minimum absolute atomic E-state index is 0.221. The van der Waals surface area contributed by atoms with Crippen molar-refractivity contribution in [2.75, 3.05) is 11.9 Å². The van der Waals surface area contributed by atoms with E-state index in [1.165, 1.54) is 12.3 Å². The van der Waals surface area contributed by atoms with Crippen LogP contribution in [0.3, 0.4) is 0 Å². The van der Waals surface area contributed by atoms with Gasteiger partial charge in [0.2, 0.25) is 5.91 Å². The summed E-state index contributed by atoms with van der Waals surface area (Å²) in [6, 6.07) is 18.1. The van der Waals surface area contributed by atoms with Crippen molar-refractivity contribution in [3.63, 3.8) is 0 Å². The standard InChI is InChI=1S/C24H20N2O5/c1-2-30-23(28)18-9-11-19(12-10-18)26-22(27)15-8-17-6-13-20(14-7-17)31-24(29)21-5-3-4-16-25-21/h3-16H,2H2,1H3,(H,26,27)/b15-8-. The van der Waals surface area contributed by atoms with Crippen LogP contribution in [0.25, 0.3) is 6.08 Å². The molecule has 156 valence electrons. The van der Waals surface area contributed by atoms with Crippen molar-refractivity contribution < 1.29 is 23.9 Å². The van der Waals surface area contributed by atoms with Crippen LogP contribution in [0.1, 0.15) is 33.3 Å². The first-order valence-corrected chi connectivity index (χ1v) is 9.54. The van der Waals surface area contributed by atoms with Gasteiger partial charge in [0.1, 0.15) is 11.4 Å². The fourth-order valence-electron chi connectivity index (χ4n) is 2.55. The Morgan fingerprint density at radius 3 is 2.32 bits per heavy atom. The normalized spacial score (nSPS) is 10.5. The number of hydrogen-bond acceptors (Lipinski definition) is 6. The van der Waals surface area contributed by atoms with E-state index in [0.717, 1.165) is 5.56 Å². The summed E-state index contributed by atoms with van der Waals surface area (Å²) in [5.41, 5.74) is 1.95. The third kappa shape index (κ3) is 6.37. The van der Waals surface area contributed by atoms with Crippen LogP contribution in [0.2, 0.25) is 0 Å². The number of anilines is 1. The summed E-state index contributed by atoms with van der Waals surface area (Å²) in [5.74, 6) is -0.903. The highest BCUT2D eigenvalue weighted by Crippen LogP contribution is 2.15. The molecule has 7 heteroatoms. The number of benzene rings is 2. The van der Waals surface area contributed by atoms with Crippen LogP contribution in [0.5, 0.6) is 5.75 Å². The second kappa shape index (κ2) is 10.5. The van der Waals surface area contributed by atoms with E-state index in [-0.39, 0.29) is 11.6 Å². The number of carbonyl (C=O) groups excluding carboxylic acids is 3. The Morgan fingerprint density at radius 2 is 1.68 bits per heavy atom. The third-order valence-electron chi connectivity index (χ3n) is 4.06. The molecule has 0 unspecified atom stereocenters. The third-order valence-corrected chi connectivity index (χ3v) is 4.06. The van der Waals surface area contributed by atoms with Gasteiger partial charge in [-0.25, -0.2) is 14.6 Å². The van der Waals surface area contributed by atoms with Gasteiger partial charge in [-0.3, -0.25) is 4.79 Å². The molecule has 0 radical (unpaired) electrons. The van der Waals surface area contributed by atoms with Crippen LogP contribution in [0.4, 0.5) is 5.69 Å². The van der Waals surface area contributed by atoms with Gasteiger partial charge >= 0.3 is 11.9 Å².